The van der Waals surface area contributed by atoms with E-state index in [0.717, 1.165) is 25.5 Å². The molecule has 0 spiro atoms. The summed E-state index contributed by atoms with van der Waals surface area (Å²) in [7, 11) is -1.91. The lowest BCUT2D eigenvalue weighted by Gasteiger charge is -2.36. The Morgan fingerprint density at radius 2 is 2.00 bits per heavy atom. The number of carbonyl (C=O) groups excluding carboxylic acids is 2. The van der Waals surface area contributed by atoms with Crippen LogP contribution in [0.15, 0.2) is 0 Å². The fourth-order valence-corrected chi connectivity index (χ4v) is 2.64. The van der Waals surface area contributed by atoms with Gasteiger partial charge in [-0.1, -0.05) is 20.8 Å². The Morgan fingerprint density at radius 1 is 1.35 bits per heavy atom. The molecule has 0 aliphatic carbocycles. The Balaban J connectivity index is 2.45. The SMILES string of the molecule is CC(C)(C)[Si](C)(C)OCOC(=O)N1CCCCC1C=O. The molecule has 1 rings (SSSR count). The quantitative estimate of drug-likeness (QED) is 0.455. The maximum absolute atomic E-state index is 12.0. The molecule has 0 aromatic carbocycles. The van der Waals surface area contributed by atoms with E-state index in [1.807, 2.05) is 0 Å². The van der Waals surface area contributed by atoms with Crippen molar-refractivity contribution in [2.24, 2.45) is 0 Å². The molecule has 20 heavy (non-hydrogen) atoms. The fourth-order valence-electron chi connectivity index (χ4n) is 1.85. The Labute approximate surface area is 122 Å². The van der Waals surface area contributed by atoms with Gasteiger partial charge in [0.2, 0.25) is 0 Å². The zero-order valence-corrected chi connectivity index (χ0v) is 14.3. The predicted octanol–water partition coefficient (Wildman–Crippen LogP) is 3.16. The number of ether oxygens (including phenoxy) is 1. The second-order valence-electron chi connectivity index (χ2n) is 6.83. The van der Waals surface area contributed by atoms with Crippen molar-refractivity contribution < 1.29 is 18.8 Å². The van der Waals surface area contributed by atoms with Gasteiger partial charge in [-0.25, -0.2) is 4.79 Å². The van der Waals surface area contributed by atoms with E-state index in [4.69, 9.17) is 9.16 Å². The molecule has 1 unspecified atom stereocenters. The van der Waals surface area contributed by atoms with Crippen LogP contribution in [-0.2, 0) is 14.0 Å². The minimum atomic E-state index is -1.91. The zero-order valence-electron chi connectivity index (χ0n) is 13.3. The third-order valence-corrected chi connectivity index (χ3v) is 8.80. The molecule has 1 aliphatic rings. The summed E-state index contributed by atoms with van der Waals surface area (Å²) in [4.78, 5) is 24.5. The van der Waals surface area contributed by atoms with Crippen LogP contribution in [0.1, 0.15) is 40.0 Å². The number of carbonyl (C=O) groups is 2. The van der Waals surface area contributed by atoms with Gasteiger partial charge in [-0.3, -0.25) is 4.90 Å². The lowest BCUT2D eigenvalue weighted by Crippen LogP contribution is -2.46. The van der Waals surface area contributed by atoms with Crippen molar-refractivity contribution in [1.82, 2.24) is 4.90 Å². The van der Waals surface area contributed by atoms with Crippen LogP contribution in [0.3, 0.4) is 0 Å². The van der Waals surface area contributed by atoms with E-state index in [-0.39, 0.29) is 17.9 Å². The molecule has 0 bridgehead atoms. The Hall–Kier alpha value is -0.883. The largest absolute Gasteiger partial charge is 0.423 e. The topological polar surface area (TPSA) is 55.8 Å². The van der Waals surface area contributed by atoms with Crippen LogP contribution in [0.2, 0.25) is 18.1 Å². The molecular formula is C14H27NO4Si. The van der Waals surface area contributed by atoms with Crippen LogP contribution in [0.4, 0.5) is 4.79 Å². The normalized spacial score (nSPS) is 20.6. The second kappa shape index (κ2) is 6.71. The summed E-state index contributed by atoms with van der Waals surface area (Å²) < 4.78 is 11.0. The monoisotopic (exact) mass is 301 g/mol. The summed E-state index contributed by atoms with van der Waals surface area (Å²) in [5.74, 6) is 0. The maximum Gasteiger partial charge on any atom is 0.412 e. The molecule has 0 radical (unpaired) electrons. The number of piperidine rings is 1. The van der Waals surface area contributed by atoms with Crippen molar-refractivity contribution in [3.63, 3.8) is 0 Å². The minimum absolute atomic E-state index is 0.0304. The maximum atomic E-state index is 12.0. The van der Waals surface area contributed by atoms with Crippen LogP contribution >= 0.6 is 0 Å². The van der Waals surface area contributed by atoms with Gasteiger partial charge in [0.15, 0.2) is 15.1 Å². The fraction of sp³-hybridized carbons (Fsp3) is 0.857. The Kier molecular flexibility index (Phi) is 5.76. The number of hydrogen-bond acceptors (Lipinski definition) is 4. The van der Waals surface area contributed by atoms with Crippen molar-refractivity contribution in [3.8, 4) is 0 Å². The van der Waals surface area contributed by atoms with Gasteiger partial charge in [-0.2, -0.15) is 0 Å². The van der Waals surface area contributed by atoms with Crippen LogP contribution in [0.25, 0.3) is 0 Å². The van der Waals surface area contributed by atoms with E-state index in [0.29, 0.717) is 6.54 Å². The number of hydrogen-bond donors (Lipinski definition) is 0. The molecule has 0 saturated carbocycles. The van der Waals surface area contributed by atoms with Gasteiger partial charge in [0.1, 0.15) is 6.29 Å². The van der Waals surface area contributed by atoms with Crippen LogP contribution in [0, 0.1) is 0 Å². The molecule has 1 saturated heterocycles. The predicted molar refractivity (Wildman–Crippen MR) is 80.0 cm³/mol. The molecule has 0 N–H and O–H groups in total. The third-order valence-electron chi connectivity index (χ3n) is 4.35. The van der Waals surface area contributed by atoms with E-state index in [2.05, 4.69) is 33.9 Å². The summed E-state index contributed by atoms with van der Waals surface area (Å²) in [5, 5.41) is 0.0792. The number of likely N-dealkylation sites (tertiary alicyclic amines) is 1. The van der Waals surface area contributed by atoms with E-state index in [9.17, 15) is 9.59 Å². The highest BCUT2D eigenvalue weighted by Gasteiger charge is 2.37. The first-order valence-electron chi connectivity index (χ1n) is 7.22. The first kappa shape index (κ1) is 17.2. The highest BCUT2D eigenvalue weighted by atomic mass is 28.4. The van der Waals surface area contributed by atoms with Crippen molar-refractivity contribution in [2.75, 3.05) is 13.3 Å². The second-order valence-corrected chi connectivity index (χ2v) is 11.6. The highest BCUT2D eigenvalue weighted by molar-refractivity contribution is 6.74. The number of aldehydes is 1. The van der Waals surface area contributed by atoms with Gasteiger partial charge < -0.3 is 14.0 Å². The summed E-state index contributed by atoms with van der Waals surface area (Å²) in [6, 6.07) is -0.343. The smallest absolute Gasteiger partial charge is 0.412 e. The molecule has 6 heteroatoms. The van der Waals surface area contributed by atoms with Crippen LogP contribution < -0.4 is 0 Å². The van der Waals surface area contributed by atoms with E-state index in [1.54, 1.807) is 0 Å². The molecule has 1 atom stereocenters. The van der Waals surface area contributed by atoms with Crippen molar-refractivity contribution in [3.05, 3.63) is 0 Å². The van der Waals surface area contributed by atoms with Crippen molar-refractivity contribution >= 4 is 20.7 Å². The van der Waals surface area contributed by atoms with E-state index >= 15 is 0 Å². The lowest BCUT2D eigenvalue weighted by molar-refractivity contribution is -0.113. The standard InChI is InChI=1S/C14H27NO4Si/c1-14(2,3)20(4,5)19-11-18-13(17)15-9-7-6-8-12(15)10-16/h10,12H,6-9,11H2,1-5H3. The lowest BCUT2D eigenvalue weighted by atomic mass is 10.0. The highest BCUT2D eigenvalue weighted by Crippen LogP contribution is 2.36. The van der Waals surface area contributed by atoms with Gasteiger partial charge in [0.05, 0.1) is 6.04 Å². The Morgan fingerprint density at radius 3 is 2.55 bits per heavy atom. The summed E-state index contributed by atoms with van der Waals surface area (Å²) in [5.41, 5.74) is 0. The van der Waals surface area contributed by atoms with E-state index in [1.165, 1.54) is 4.90 Å². The van der Waals surface area contributed by atoms with E-state index < -0.39 is 14.4 Å². The molecule has 116 valence electrons. The molecule has 1 fully saturated rings. The Bertz CT molecular complexity index is 352. The number of rotatable bonds is 4. The van der Waals surface area contributed by atoms with Crippen molar-refractivity contribution in [2.45, 2.75) is 64.2 Å². The van der Waals surface area contributed by atoms with Gasteiger partial charge in [-0.15, -0.1) is 0 Å². The molecule has 5 nitrogen and oxygen atoms in total. The zero-order chi connectivity index (χ0) is 15.4. The minimum Gasteiger partial charge on any atom is -0.423 e. The molecule has 0 aromatic rings. The van der Waals surface area contributed by atoms with Crippen LogP contribution in [-0.4, -0.2) is 45.0 Å². The summed E-state index contributed by atoms with van der Waals surface area (Å²) >= 11 is 0. The summed E-state index contributed by atoms with van der Waals surface area (Å²) in [6.07, 6.45) is 3.01. The molecule has 1 amide bonds. The molecule has 1 heterocycles. The average molecular weight is 301 g/mol. The third kappa shape index (κ3) is 4.31. The van der Waals surface area contributed by atoms with Gasteiger partial charge in [0, 0.05) is 6.54 Å². The van der Waals surface area contributed by atoms with Crippen molar-refractivity contribution in [1.29, 1.82) is 0 Å². The molecule has 1 aliphatic heterocycles. The molecular weight excluding hydrogens is 274 g/mol. The summed E-state index contributed by atoms with van der Waals surface area (Å²) in [6.45, 7) is 11.2. The van der Waals surface area contributed by atoms with Gasteiger partial charge >= 0.3 is 6.09 Å². The number of amides is 1. The van der Waals surface area contributed by atoms with Crippen LogP contribution in [0.5, 0.6) is 0 Å². The van der Waals surface area contributed by atoms with Gasteiger partial charge in [-0.05, 0) is 37.4 Å². The van der Waals surface area contributed by atoms with Gasteiger partial charge in [0.25, 0.3) is 0 Å². The first-order chi connectivity index (χ1) is 9.19. The number of nitrogens with zero attached hydrogens (tertiary/aromatic N) is 1. The average Bonchev–Trinajstić information content (AvgIpc) is 2.37. The molecule has 0 aromatic heterocycles. The first-order valence-corrected chi connectivity index (χ1v) is 10.1.